The molecule has 0 bridgehead atoms. The van der Waals surface area contributed by atoms with Gasteiger partial charge in [0.1, 0.15) is 0 Å². The summed E-state index contributed by atoms with van der Waals surface area (Å²) in [5.74, 6) is 0. The Morgan fingerprint density at radius 2 is 1.33 bits per heavy atom. The maximum atomic E-state index is 3.57. The Morgan fingerprint density at radius 1 is 0.733 bits per heavy atom. The smallest absolute Gasteiger partial charge is 0.0221 e. The van der Waals surface area contributed by atoms with Gasteiger partial charge in [-0.15, -0.1) is 0 Å². The lowest BCUT2D eigenvalue weighted by atomic mass is 10.1. The van der Waals surface area contributed by atoms with Crippen molar-refractivity contribution in [3.63, 3.8) is 0 Å². The van der Waals surface area contributed by atoms with Crippen LogP contribution in [0, 0.1) is 0 Å². The van der Waals surface area contributed by atoms with Gasteiger partial charge < -0.3 is 0 Å². The van der Waals surface area contributed by atoms with Gasteiger partial charge in [0.05, 0.1) is 0 Å². The van der Waals surface area contributed by atoms with Crippen LogP contribution in [0.4, 0.5) is 0 Å². The average molecular weight is 326 g/mol. The topological polar surface area (TPSA) is 0 Å². The van der Waals surface area contributed by atoms with Crippen molar-refractivity contribution in [3.8, 4) is 0 Å². The molecule has 0 atom stereocenters. The van der Waals surface area contributed by atoms with Crippen molar-refractivity contribution >= 4 is 31.9 Å². The van der Waals surface area contributed by atoms with Gasteiger partial charge in [-0.2, -0.15) is 0 Å². The maximum Gasteiger partial charge on any atom is 0.0221 e. The highest BCUT2D eigenvalue weighted by molar-refractivity contribution is 9.11. The number of hydrogen-bond donors (Lipinski definition) is 0. The minimum atomic E-state index is 0.947. The molecule has 0 nitrogen and oxygen atoms in total. The van der Waals surface area contributed by atoms with Crippen LogP contribution < -0.4 is 0 Å². The van der Waals surface area contributed by atoms with E-state index in [1.807, 2.05) is 12.1 Å². The highest BCUT2D eigenvalue weighted by Gasteiger charge is 2.04. The van der Waals surface area contributed by atoms with Gasteiger partial charge in [0, 0.05) is 8.95 Å². The standard InChI is InChI=1S/C13H10Br2/c14-12-7-4-8-13(15)11(12)9-10-5-2-1-3-6-10/h1-8H,9H2. The highest BCUT2D eigenvalue weighted by Crippen LogP contribution is 2.27. The van der Waals surface area contributed by atoms with Crippen molar-refractivity contribution in [1.29, 1.82) is 0 Å². The van der Waals surface area contributed by atoms with Gasteiger partial charge in [0.2, 0.25) is 0 Å². The lowest BCUT2D eigenvalue weighted by Gasteiger charge is -2.07. The van der Waals surface area contributed by atoms with Crippen LogP contribution in [0.1, 0.15) is 11.1 Å². The van der Waals surface area contributed by atoms with Gasteiger partial charge in [0.25, 0.3) is 0 Å². The summed E-state index contributed by atoms with van der Waals surface area (Å²) in [4.78, 5) is 0. The first kappa shape index (κ1) is 10.9. The number of benzene rings is 2. The minimum Gasteiger partial charge on any atom is -0.0622 e. The average Bonchev–Trinajstić information content (AvgIpc) is 2.25. The zero-order valence-electron chi connectivity index (χ0n) is 8.08. The summed E-state index contributed by atoms with van der Waals surface area (Å²) < 4.78 is 2.31. The lowest BCUT2D eigenvalue weighted by Crippen LogP contribution is -1.90. The molecule has 0 unspecified atom stereocenters. The maximum absolute atomic E-state index is 3.57. The van der Waals surface area contributed by atoms with Crippen molar-refractivity contribution in [2.45, 2.75) is 6.42 Å². The van der Waals surface area contributed by atoms with Crippen molar-refractivity contribution in [2.24, 2.45) is 0 Å². The van der Waals surface area contributed by atoms with E-state index in [2.05, 4.69) is 68.3 Å². The molecule has 0 aromatic heterocycles. The van der Waals surface area contributed by atoms with E-state index in [9.17, 15) is 0 Å². The Bertz CT molecular complexity index is 429. The van der Waals surface area contributed by atoms with E-state index in [-0.39, 0.29) is 0 Å². The molecule has 0 radical (unpaired) electrons. The van der Waals surface area contributed by atoms with Crippen molar-refractivity contribution in [2.75, 3.05) is 0 Å². The summed E-state index contributed by atoms with van der Waals surface area (Å²) in [5.41, 5.74) is 2.62. The first-order valence-electron chi connectivity index (χ1n) is 4.74. The van der Waals surface area contributed by atoms with Crippen LogP contribution in [0.3, 0.4) is 0 Å². The summed E-state index contributed by atoms with van der Waals surface area (Å²) in [5, 5.41) is 0. The van der Waals surface area contributed by atoms with Crippen molar-refractivity contribution < 1.29 is 0 Å². The molecule has 2 rings (SSSR count). The van der Waals surface area contributed by atoms with E-state index in [1.165, 1.54) is 11.1 Å². The fourth-order valence-corrected chi connectivity index (χ4v) is 2.78. The predicted molar refractivity (Wildman–Crippen MR) is 71.1 cm³/mol. The summed E-state index contributed by atoms with van der Waals surface area (Å²) >= 11 is 7.15. The summed E-state index contributed by atoms with van der Waals surface area (Å²) in [6.07, 6.45) is 0.947. The normalized spacial score (nSPS) is 10.3. The number of hydrogen-bond acceptors (Lipinski definition) is 0. The first-order chi connectivity index (χ1) is 7.27. The molecule has 0 saturated carbocycles. The molecule has 0 aliphatic heterocycles. The van der Waals surface area contributed by atoms with E-state index >= 15 is 0 Å². The second kappa shape index (κ2) is 4.95. The van der Waals surface area contributed by atoms with Crippen LogP contribution in [0.15, 0.2) is 57.5 Å². The highest BCUT2D eigenvalue weighted by atomic mass is 79.9. The Labute approximate surface area is 107 Å². The zero-order valence-corrected chi connectivity index (χ0v) is 11.3. The fraction of sp³-hybridized carbons (Fsp3) is 0.0769. The van der Waals surface area contributed by atoms with Crippen LogP contribution in [-0.4, -0.2) is 0 Å². The predicted octanol–water partition coefficient (Wildman–Crippen LogP) is 4.80. The molecule has 15 heavy (non-hydrogen) atoms. The molecule has 0 N–H and O–H groups in total. The van der Waals surface area contributed by atoms with E-state index in [4.69, 9.17) is 0 Å². The van der Waals surface area contributed by atoms with E-state index in [0.29, 0.717) is 0 Å². The van der Waals surface area contributed by atoms with Gasteiger partial charge >= 0.3 is 0 Å². The molecular weight excluding hydrogens is 316 g/mol. The SMILES string of the molecule is Brc1cccc(Br)c1Cc1ccccc1. The van der Waals surface area contributed by atoms with Gasteiger partial charge in [-0.1, -0.05) is 68.3 Å². The molecule has 0 aliphatic carbocycles. The Balaban J connectivity index is 2.32. The second-order valence-electron chi connectivity index (χ2n) is 3.36. The fourth-order valence-electron chi connectivity index (χ4n) is 1.50. The summed E-state index contributed by atoms with van der Waals surface area (Å²) in [6, 6.07) is 16.6. The molecule has 0 fully saturated rings. The summed E-state index contributed by atoms with van der Waals surface area (Å²) in [6.45, 7) is 0. The van der Waals surface area contributed by atoms with Crippen LogP contribution >= 0.6 is 31.9 Å². The third-order valence-electron chi connectivity index (χ3n) is 2.29. The number of halogens is 2. The van der Waals surface area contributed by atoms with Crippen LogP contribution in [0.2, 0.25) is 0 Å². The van der Waals surface area contributed by atoms with E-state index < -0.39 is 0 Å². The minimum absolute atomic E-state index is 0.947. The largest absolute Gasteiger partial charge is 0.0622 e. The molecule has 0 heterocycles. The van der Waals surface area contributed by atoms with Crippen LogP contribution in [0.25, 0.3) is 0 Å². The zero-order chi connectivity index (χ0) is 10.7. The molecule has 0 saturated heterocycles. The quantitative estimate of drug-likeness (QED) is 0.743. The molecule has 76 valence electrons. The molecule has 0 aliphatic rings. The number of rotatable bonds is 2. The molecule has 2 heteroatoms. The van der Waals surface area contributed by atoms with Crippen molar-refractivity contribution in [1.82, 2.24) is 0 Å². The second-order valence-corrected chi connectivity index (χ2v) is 5.07. The molecule has 2 aromatic carbocycles. The van der Waals surface area contributed by atoms with E-state index in [1.54, 1.807) is 0 Å². The third kappa shape index (κ3) is 2.70. The van der Waals surface area contributed by atoms with Gasteiger partial charge in [-0.25, -0.2) is 0 Å². The van der Waals surface area contributed by atoms with Crippen LogP contribution in [-0.2, 0) is 6.42 Å². The summed E-state index contributed by atoms with van der Waals surface area (Å²) in [7, 11) is 0. The van der Waals surface area contributed by atoms with E-state index in [0.717, 1.165) is 15.4 Å². The van der Waals surface area contributed by atoms with Crippen LogP contribution in [0.5, 0.6) is 0 Å². The molecule has 0 amide bonds. The molecular formula is C13H10Br2. The van der Waals surface area contributed by atoms with Gasteiger partial charge in [0.15, 0.2) is 0 Å². The van der Waals surface area contributed by atoms with Crippen molar-refractivity contribution in [3.05, 3.63) is 68.6 Å². The molecule has 2 aromatic rings. The molecule has 0 spiro atoms. The van der Waals surface area contributed by atoms with Gasteiger partial charge in [-0.05, 0) is 29.7 Å². The monoisotopic (exact) mass is 324 g/mol. The first-order valence-corrected chi connectivity index (χ1v) is 6.33. The Hall–Kier alpha value is -0.600. The third-order valence-corrected chi connectivity index (χ3v) is 3.77. The Kier molecular flexibility index (Phi) is 3.60. The Morgan fingerprint density at radius 3 is 1.93 bits per heavy atom. The van der Waals surface area contributed by atoms with Gasteiger partial charge in [-0.3, -0.25) is 0 Å². The lowest BCUT2D eigenvalue weighted by molar-refractivity contribution is 1.16.